The average molecular weight is 471 g/mol. The molecule has 0 aromatic heterocycles. The number of rotatable bonds is 4. The molecule has 0 saturated heterocycles. The fourth-order valence-corrected chi connectivity index (χ4v) is 4.35. The third-order valence-electron chi connectivity index (χ3n) is 5.66. The van der Waals surface area contributed by atoms with Crippen molar-refractivity contribution in [2.24, 2.45) is 5.92 Å². The van der Waals surface area contributed by atoms with E-state index in [1.807, 2.05) is 18.2 Å². The molecule has 1 fully saturated rings. The Morgan fingerprint density at radius 2 is 1.87 bits per heavy atom. The zero-order valence-electron chi connectivity index (χ0n) is 17.0. The summed E-state index contributed by atoms with van der Waals surface area (Å²) >= 11 is 3.44. The molecule has 1 heterocycles. The van der Waals surface area contributed by atoms with Crippen LogP contribution < -0.4 is 14.2 Å². The fourth-order valence-electron chi connectivity index (χ4n) is 3.97. The number of esters is 1. The molecule has 1 aliphatic carbocycles. The maximum absolute atomic E-state index is 12.9. The van der Waals surface area contributed by atoms with Gasteiger partial charge in [-0.15, -0.1) is 0 Å². The Kier molecular flexibility index (Phi) is 5.95. The molecule has 0 spiro atoms. The first-order valence-electron chi connectivity index (χ1n) is 10.1. The number of methoxy groups -OCH3 is 1. The van der Waals surface area contributed by atoms with Gasteiger partial charge in [0.25, 0.3) is 0 Å². The van der Waals surface area contributed by atoms with Crippen LogP contribution in [0.1, 0.15) is 53.6 Å². The molecule has 0 N–H and O–H groups in total. The molecule has 156 valence electrons. The predicted molar refractivity (Wildman–Crippen MR) is 117 cm³/mol. The van der Waals surface area contributed by atoms with Crippen molar-refractivity contribution in [3.05, 3.63) is 57.3 Å². The molecule has 30 heavy (non-hydrogen) atoms. The van der Waals surface area contributed by atoms with Crippen LogP contribution in [0, 0.1) is 12.8 Å². The molecule has 0 bridgehead atoms. The molecule has 4 rings (SSSR count). The summed E-state index contributed by atoms with van der Waals surface area (Å²) in [5.74, 6) is 1.27. The van der Waals surface area contributed by atoms with Crippen molar-refractivity contribution in [1.29, 1.82) is 0 Å². The van der Waals surface area contributed by atoms with E-state index < -0.39 is 0 Å². The normalized spacial score (nSPS) is 17.6. The van der Waals surface area contributed by atoms with E-state index in [-0.39, 0.29) is 23.4 Å². The molecular weight excluding hydrogens is 448 g/mol. The third kappa shape index (κ3) is 4.01. The summed E-state index contributed by atoms with van der Waals surface area (Å²) in [6.45, 7) is 1.80. The second-order valence-corrected chi connectivity index (χ2v) is 8.56. The molecule has 0 atom stereocenters. The molecule has 0 unspecified atom stereocenters. The van der Waals surface area contributed by atoms with Crippen molar-refractivity contribution >= 4 is 33.8 Å². The van der Waals surface area contributed by atoms with Crippen LogP contribution in [0.2, 0.25) is 0 Å². The maximum atomic E-state index is 12.9. The monoisotopic (exact) mass is 470 g/mol. The number of fused-ring (bicyclic) bond motifs is 1. The highest BCUT2D eigenvalue weighted by Crippen LogP contribution is 2.40. The highest BCUT2D eigenvalue weighted by molar-refractivity contribution is 9.10. The summed E-state index contributed by atoms with van der Waals surface area (Å²) in [4.78, 5) is 25.4. The quantitative estimate of drug-likeness (QED) is 0.317. The topological polar surface area (TPSA) is 61.8 Å². The van der Waals surface area contributed by atoms with Gasteiger partial charge in [-0.3, -0.25) is 9.59 Å². The first-order chi connectivity index (χ1) is 14.5. The summed E-state index contributed by atoms with van der Waals surface area (Å²) in [5.41, 5.74) is 1.84. The Hall–Kier alpha value is -2.60. The van der Waals surface area contributed by atoms with Gasteiger partial charge in [-0.25, -0.2) is 0 Å². The molecule has 1 saturated carbocycles. The van der Waals surface area contributed by atoms with Crippen LogP contribution in [0.15, 0.2) is 40.6 Å². The standard InChI is InChI=1S/C24H23BrO5/c1-14-19(30-24(27)15-6-4-3-5-7-15)11-9-18-22(26)21(29-23(14)18)13-16-12-17(25)8-10-20(16)28-2/h8-13,15H,3-7H2,1-2H3/b21-13-. The van der Waals surface area contributed by atoms with Crippen LogP contribution in [0.5, 0.6) is 17.2 Å². The molecule has 5 nitrogen and oxygen atoms in total. The highest BCUT2D eigenvalue weighted by Gasteiger charge is 2.31. The number of benzene rings is 2. The molecule has 2 aliphatic rings. The van der Waals surface area contributed by atoms with Gasteiger partial charge in [0.15, 0.2) is 5.76 Å². The summed E-state index contributed by atoms with van der Waals surface area (Å²) in [5, 5.41) is 0. The van der Waals surface area contributed by atoms with Gasteiger partial charge in [0.05, 0.1) is 18.6 Å². The van der Waals surface area contributed by atoms with Gasteiger partial charge < -0.3 is 14.2 Å². The SMILES string of the molecule is COc1ccc(Br)cc1/C=C1\Oc2c(ccc(OC(=O)C3CCCCC3)c2C)C1=O. The van der Waals surface area contributed by atoms with E-state index in [1.54, 1.807) is 32.2 Å². The number of halogens is 1. The molecule has 6 heteroatoms. The lowest BCUT2D eigenvalue weighted by atomic mass is 9.89. The number of carbonyl (C=O) groups is 2. The minimum atomic E-state index is -0.208. The van der Waals surface area contributed by atoms with Crippen LogP contribution in [0.3, 0.4) is 0 Å². The Labute approximate surface area is 184 Å². The zero-order valence-corrected chi connectivity index (χ0v) is 18.6. The van der Waals surface area contributed by atoms with E-state index in [0.29, 0.717) is 28.4 Å². The summed E-state index contributed by atoms with van der Waals surface area (Å²) in [7, 11) is 1.58. The Morgan fingerprint density at radius 3 is 2.60 bits per heavy atom. The minimum Gasteiger partial charge on any atom is -0.496 e. The zero-order chi connectivity index (χ0) is 21.3. The first kappa shape index (κ1) is 20.7. The van der Waals surface area contributed by atoms with Crippen molar-refractivity contribution in [3.63, 3.8) is 0 Å². The van der Waals surface area contributed by atoms with Gasteiger partial charge >= 0.3 is 5.97 Å². The van der Waals surface area contributed by atoms with E-state index in [9.17, 15) is 9.59 Å². The number of ether oxygens (including phenoxy) is 3. The van der Waals surface area contributed by atoms with Crippen LogP contribution >= 0.6 is 15.9 Å². The van der Waals surface area contributed by atoms with Gasteiger partial charge in [-0.2, -0.15) is 0 Å². The molecule has 1 aliphatic heterocycles. The summed E-state index contributed by atoms with van der Waals surface area (Å²) in [6, 6.07) is 8.88. The second-order valence-electron chi connectivity index (χ2n) is 7.65. The van der Waals surface area contributed by atoms with Gasteiger partial charge in [-0.1, -0.05) is 35.2 Å². The van der Waals surface area contributed by atoms with Crippen LogP contribution in [0.4, 0.5) is 0 Å². The van der Waals surface area contributed by atoms with Crippen molar-refractivity contribution < 1.29 is 23.8 Å². The number of hydrogen-bond donors (Lipinski definition) is 0. The Bertz CT molecular complexity index is 1030. The second kappa shape index (κ2) is 8.64. The Balaban J connectivity index is 1.60. The fraction of sp³-hybridized carbons (Fsp3) is 0.333. The molecule has 2 aromatic rings. The van der Waals surface area contributed by atoms with E-state index in [1.165, 1.54) is 6.42 Å². The van der Waals surface area contributed by atoms with Crippen molar-refractivity contribution in [3.8, 4) is 17.2 Å². The lowest BCUT2D eigenvalue weighted by Crippen LogP contribution is -2.23. The van der Waals surface area contributed by atoms with Gasteiger partial charge in [0, 0.05) is 15.6 Å². The first-order valence-corrected chi connectivity index (χ1v) is 10.9. The summed E-state index contributed by atoms with van der Waals surface area (Å²) in [6.07, 6.45) is 6.72. The van der Waals surface area contributed by atoms with Crippen molar-refractivity contribution in [2.45, 2.75) is 39.0 Å². The molecule has 2 aromatic carbocycles. The molecule has 0 amide bonds. The number of ketones is 1. The van der Waals surface area contributed by atoms with E-state index in [0.717, 1.165) is 35.7 Å². The van der Waals surface area contributed by atoms with Gasteiger partial charge in [-0.05, 0) is 56.2 Å². The maximum Gasteiger partial charge on any atom is 0.314 e. The molecular formula is C24H23BrO5. The van der Waals surface area contributed by atoms with Gasteiger partial charge in [0.1, 0.15) is 17.2 Å². The lowest BCUT2D eigenvalue weighted by Gasteiger charge is -2.20. The van der Waals surface area contributed by atoms with E-state index in [2.05, 4.69) is 15.9 Å². The van der Waals surface area contributed by atoms with E-state index in [4.69, 9.17) is 14.2 Å². The van der Waals surface area contributed by atoms with Gasteiger partial charge in [0.2, 0.25) is 5.78 Å². The minimum absolute atomic E-state index is 0.0478. The number of hydrogen-bond acceptors (Lipinski definition) is 5. The number of carbonyl (C=O) groups excluding carboxylic acids is 2. The molecule has 0 radical (unpaired) electrons. The van der Waals surface area contributed by atoms with Crippen LogP contribution in [0.25, 0.3) is 6.08 Å². The third-order valence-corrected chi connectivity index (χ3v) is 6.16. The number of allylic oxidation sites excluding steroid dienone is 1. The van der Waals surface area contributed by atoms with Crippen LogP contribution in [-0.2, 0) is 4.79 Å². The highest BCUT2D eigenvalue weighted by atomic mass is 79.9. The van der Waals surface area contributed by atoms with Crippen LogP contribution in [-0.4, -0.2) is 18.9 Å². The van der Waals surface area contributed by atoms with Crippen molar-refractivity contribution in [2.75, 3.05) is 7.11 Å². The number of Topliss-reactive ketones (excluding diaryl/α,β-unsaturated/α-hetero) is 1. The average Bonchev–Trinajstić information content (AvgIpc) is 3.07. The smallest absolute Gasteiger partial charge is 0.314 e. The Morgan fingerprint density at radius 1 is 1.13 bits per heavy atom. The van der Waals surface area contributed by atoms with E-state index >= 15 is 0 Å². The summed E-state index contributed by atoms with van der Waals surface area (Å²) < 4.78 is 17.8. The lowest BCUT2D eigenvalue weighted by molar-refractivity contribution is -0.140. The predicted octanol–water partition coefficient (Wildman–Crippen LogP) is 5.87. The largest absolute Gasteiger partial charge is 0.496 e. The van der Waals surface area contributed by atoms with Crippen molar-refractivity contribution in [1.82, 2.24) is 0 Å².